The summed E-state index contributed by atoms with van der Waals surface area (Å²) in [6, 6.07) is 11.1. The number of aryl methyl sites for hydroxylation is 1. The lowest BCUT2D eigenvalue weighted by Gasteiger charge is -2.34. The third-order valence-electron chi connectivity index (χ3n) is 5.46. The average Bonchev–Trinajstić information content (AvgIpc) is 2.80. The van der Waals surface area contributed by atoms with Gasteiger partial charge in [-0.2, -0.15) is 0 Å². The Bertz CT molecular complexity index is 958. The number of methoxy groups -OCH3 is 1. The van der Waals surface area contributed by atoms with E-state index < -0.39 is 0 Å². The van der Waals surface area contributed by atoms with Crippen LogP contribution in [0.5, 0.6) is 11.5 Å². The summed E-state index contributed by atoms with van der Waals surface area (Å²) in [5.41, 5.74) is 2.42. The monoisotopic (exact) mass is 459 g/mol. The second-order valence-electron chi connectivity index (χ2n) is 7.55. The van der Waals surface area contributed by atoms with Gasteiger partial charge in [0.25, 0.3) is 5.91 Å². The molecule has 2 aromatic carbocycles. The molecule has 172 valence electrons. The minimum Gasteiger partial charge on any atom is -0.493 e. The third-order valence-corrected chi connectivity index (χ3v) is 5.74. The van der Waals surface area contributed by atoms with E-state index in [1.54, 1.807) is 17.0 Å². The highest BCUT2D eigenvalue weighted by atomic mass is 35.5. The number of anilines is 1. The number of amides is 2. The minimum absolute atomic E-state index is 0.0475. The van der Waals surface area contributed by atoms with E-state index in [-0.39, 0.29) is 11.8 Å². The number of rotatable bonds is 8. The lowest BCUT2D eigenvalue weighted by molar-refractivity contribution is -0.117. The maximum Gasteiger partial charge on any atom is 0.254 e. The average molecular weight is 460 g/mol. The Labute approximate surface area is 194 Å². The predicted octanol–water partition coefficient (Wildman–Crippen LogP) is 3.71. The molecule has 2 amide bonds. The zero-order valence-electron chi connectivity index (χ0n) is 18.8. The van der Waals surface area contributed by atoms with E-state index in [9.17, 15) is 9.59 Å². The molecule has 1 aliphatic rings. The van der Waals surface area contributed by atoms with Crippen molar-refractivity contribution in [2.75, 3.05) is 51.8 Å². The zero-order valence-corrected chi connectivity index (χ0v) is 19.6. The van der Waals surface area contributed by atoms with Gasteiger partial charge >= 0.3 is 0 Å². The third kappa shape index (κ3) is 5.72. The number of para-hydroxylation sites is 1. The van der Waals surface area contributed by atoms with Crippen molar-refractivity contribution in [3.05, 3.63) is 52.5 Å². The number of hydrogen-bond acceptors (Lipinski definition) is 5. The van der Waals surface area contributed by atoms with Gasteiger partial charge in [-0.1, -0.05) is 36.7 Å². The van der Waals surface area contributed by atoms with E-state index in [1.807, 2.05) is 31.2 Å². The van der Waals surface area contributed by atoms with Gasteiger partial charge in [-0.25, -0.2) is 0 Å². The second kappa shape index (κ2) is 11.2. The van der Waals surface area contributed by atoms with Gasteiger partial charge < -0.3 is 19.7 Å². The molecule has 1 N–H and O–H groups in total. The van der Waals surface area contributed by atoms with E-state index in [2.05, 4.69) is 17.1 Å². The molecule has 8 heteroatoms. The number of nitrogens with one attached hydrogen (secondary N) is 1. The molecular weight excluding hydrogens is 430 g/mol. The van der Waals surface area contributed by atoms with Gasteiger partial charge in [-0.05, 0) is 37.1 Å². The smallest absolute Gasteiger partial charge is 0.254 e. The Balaban J connectivity index is 1.57. The molecule has 0 spiro atoms. The molecule has 0 aromatic heterocycles. The number of nitrogens with zero attached hydrogens (tertiary/aromatic N) is 2. The first kappa shape index (κ1) is 23.9. The van der Waals surface area contributed by atoms with Crippen LogP contribution in [0, 0.1) is 0 Å². The van der Waals surface area contributed by atoms with Crippen LogP contribution in [0.2, 0.25) is 5.02 Å². The topological polar surface area (TPSA) is 71.1 Å². The molecule has 0 aliphatic carbocycles. The molecule has 1 saturated heterocycles. The molecule has 0 saturated carbocycles. The maximum atomic E-state index is 13.0. The van der Waals surface area contributed by atoms with Gasteiger partial charge in [0.2, 0.25) is 5.91 Å². The van der Waals surface area contributed by atoms with Crippen LogP contribution >= 0.6 is 11.6 Å². The lowest BCUT2D eigenvalue weighted by atomic mass is 10.1. The van der Waals surface area contributed by atoms with Crippen molar-refractivity contribution in [2.45, 2.75) is 20.3 Å². The highest BCUT2D eigenvalue weighted by Crippen LogP contribution is 2.36. The summed E-state index contributed by atoms with van der Waals surface area (Å²) in [6.45, 7) is 6.97. The Morgan fingerprint density at radius 1 is 1.09 bits per heavy atom. The van der Waals surface area contributed by atoms with Crippen LogP contribution in [0.3, 0.4) is 0 Å². The van der Waals surface area contributed by atoms with Gasteiger partial charge in [0, 0.05) is 37.4 Å². The van der Waals surface area contributed by atoms with Crippen molar-refractivity contribution in [1.29, 1.82) is 0 Å². The predicted molar refractivity (Wildman–Crippen MR) is 126 cm³/mol. The number of hydrogen-bond donors (Lipinski definition) is 1. The van der Waals surface area contributed by atoms with Crippen LogP contribution < -0.4 is 14.8 Å². The summed E-state index contributed by atoms with van der Waals surface area (Å²) in [6.07, 6.45) is 0.859. The largest absolute Gasteiger partial charge is 0.493 e. The van der Waals surface area contributed by atoms with Crippen LogP contribution in [-0.2, 0) is 11.2 Å². The first-order valence-corrected chi connectivity index (χ1v) is 11.2. The Kier molecular flexibility index (Phi) is 8.36. The first-order chi connectivity index (χ1) is 15.5. The van der Waals surface area contributed by atoms with E-state index in [4.69, 9.17) is 21.1 Å². The number of carbonyl (C=O) groups excluding carboxylic acids is 2. The molecular formula is C24H30ClN3O4. The number of piperazine rings is 1. The summed E-state index contributed by atoms with van der Waals surface area (Å²) in [4.78, 5) is 29.3. The highest BCUT2D eigenvalue weighted by Gasteiger charge is 2.25. The quantitative estimate of drug-likeness (QED) is 0.651. The fourth-order valence-electron chi connectivity index (χ4n) is 3.76. The summed E-state index contributed by atoms with van der Waals surface area (Å²) in [5.74, 6) is 0.710. The van der Waals surface area contributed by atoms with E-state index >= 15 is 0 Å². The van der Waals surface area contributed by atoms with Gasteiger partial charge in [0.1, 0.15) is 0 Å². The highest BCUT2D eigenvalue weighted by molar-refractivity contribution is 6.32. The summed E-state index contributed by atoms with van der Waals surface area (Å²) < 4.78 is 10.9. The Morgan fingerprint density at radius 3 is 2.47 bits per heavy atom. The van der Waals surface area contributed by atoms with Gasteiger partial charge in [0.05, 0.1) is 25.3 Å². The first-order valence-electron chi connectivity index (χ1n) is 10.9. The number of halogens is 1. The van der Waals surface area contributed by atoms with Crippen molar-refractivity contribution in [3.8, 4) is 11.5 Å². The van der Waals surface area contributed by atoms with Crippen molar-refractivity contribution in [1.82, 2.24) is 9.80 Å². The molecule has 7 nitrogen and oxygen atoms in total. The van der Waals surface area contributed by atoms with Gasteiger partial charge in [-0.3, -0.25) is 14.5 Å². The molecule has 3 rings (SSSR count). The zero-order chi connectivity index (χ0) is 23.1. The van der Waals surface area contributed by atoms with Crippen LogP contribution in [0.25, 0.3) is 0 Å². The summed E-state index contributed by atoms with van der Waals surface area (Å²) >= 11 is 6.32. The molecule has 0 radical (unpaired) electrons. The molecule has 1 aliphatic heterocycles. The lowest BCUT2D eigenvalue weighted by Crippen LogP contribution is -2.50. The van der Waals surface area contributed by atoms with E-state index in [0.29, 0.717) is 61.4 Å². The normalized spacial score (nSPS) is 14.2. The van der Waals surface area contributed by atoms with Gasteiger partial charge in [-0.15, -0.1) is 0 Å². The SMILES string of the molecule is CCOc1c(Cl)cc(C(=O)N2CCN(CC(=O)Nc3ccccc3CC)CC2)cc1OC. The fourth-order valence-corrected chi connectivity index (χ4v) is 4.03. The Morgan fingerprint density at radius 2 is 1.81 bits per heavy atom. The van der Waals surface area contributed by atoms with Crippen molar-refractivity contribution >= 4 is 29.1 Å². The maximum absolute atomic E-state index is 13.0. The molecule has 32 heavy (non-hydrogen) atoms. The second-order valence-corrected chi connectivity index (χ2v) is 7.96. The van der Waals surface area contributed by atoms with Crippen molar-refractivity contribution < 1.29 is 19.1 Å². The molecule has 1 fully saturated rings. The van der Waals surface area contributed by atoms with E-state index in [0.717, 1.165) is 17.7 Å². The summed E-state index contributed by atoms with van der Waals surface area (Å²) in [7, 11) is 1.52. The fraction of sp³-hybridized carbons (Fsp3) is 0.417. The number of carbonyl (C=O) groups is 2. The van der Waals surface area contributed by atoms with Crippen LogP contribution in [0.4, 0.5) is 5.69 Å². The number of ether oxygens (including phenoxy) is 2. The molecule has 2 aromatic rings. The van der Waals surface area contributed by atoms with Crippen molar-refractivity contribution in [2.24, 2.45) is 0 Å². The Hall–Kier alpha value is -2.77. The summed E-state index contributed by atoms with van der Waals surface area (Å²) in [5, 5.41) is 3.35. The van der Waals surface area contributed by atoms with Crippen LogP contribution in [0.15, 0.2) is 36.4 Å². The van der Waals surface area contributed by atoms with Crippen LogP contribution in [-0.4, -0.2) is 68.1 Å². The van der Waals surface area contributed by atoms with Crippen LogP contribution in [0.1, 0.15) is 29.8 Å². The number of benzene rings is 2. The van der Waals surface area contributed by atoms with Crippen molar-refractivity contribution in [3.63, 3.8) is 0 Å². The van der Waals surface area contributed by atoms with Gasteiger partial charge in [0.15, 0.2) is 11.5 Å². The minimum atomic E-state index is -0.116. The standard InChI is InChI=1S/C24H30ClN3O4/c1-4-17-8-6-7-9-20(17)26-22(29)16-27-10-12-28(13-11-27)24(30)18-14-19(25)23(32-5-2)21(15-18)31-3/h6-9,14-15H,4-5,10-13,16H2,1-3H3,(H,26,29). The molecule has 0 bridgehead atoms. The molecule has 0 unspecified atom stereocenters. The molecule has 0 atom stereocenters. The van der Waals surface area contributed by atoms with E-state index in [1.165, 1.54) is 7.11 Å². The molecule has 1 heterocycles.